The minimum Gasteiger partial charge on any atom is -0.352 e. The summed E-state index contributed by atoms with van der Waals surface area (Å²) < 4.78 is 1.79. The van der Waals surface area contributed by atoms with E-state index in [1.54, 1.807) is 10.9 Å². The van der Waals surface area contributed by atoms with Crippen LogP contribution in [0.15, 0.2) is 12.4 Å². The number of hydrogen-bond donors (Lipinski definition) is 2. The zero-order valence-corrected chi connectivity index (χ0v) is 12.1. The molecule has 1 aromatic heterocycles. The van der Waals surface area contributed by atoms with Crippen LogP contribution in [0.25, 0.3) is 0 Å². The molecule has 1 rings (SSSR count). The molecule has 0 aliphatic heterocycles. The van der Waals surface area contributed by atoms with Crippen molar-refractivity contribution in [3.05, 3.63) is 12.4 Å². The van der Waals surface area contributed by atoms with Crippen LogP contribution in [0.2, 0.25) is 0 Å². The minimum atomic E-state index is -0.156. The third kappa shape index (κ3) is 5.83. The lowest BCUT2D eigenvalue weighted by Gasteiger charge is -2.19. The van der Waals surface area contributed by atoms with Gasteiger partial charge in [-0.1, -0.05) is 19.1 Å². The molecule has 1 heterocycles. The summed E-state index contributed by atoms with van der Waals surface area (Å²) in [6.45, 7) is 7.67. The summed E-state index contributed by atoms with van der Waals surface area (Å²) in [6, 6.07) is 0.128. The van der Waals surface area contributed by atoms with E-state index in [0.29, 0.717) is 0 Å². The van der Waals surface area contributed by atoms with Gasteiger partial charge in [0.05, 0.1) is 12.2 Å². The zero-order chi connectivity index (χ0) is 14.1. The van der Waals surface area contributed by atoms with E-state index in [1.165, 1.54) is 0 Å². The largest absolute Gasteiger partial charge is 0.352 e. The van der Waals surface area contributed by atoms with Crippen LogP contribution in [-0.4, -0.2) is 39.5 Å². The normalized spacial score (nSPS) is 12.6. The van der Waals surface area contributed by atoms with Crippen molar-refractivity contribution in [3.63, 3.8) is 0 Å². The van der Waals surface area contributed by atoms with Crippen LogP contribution in [0.1, 0.15) is 40.0 Å². The lowest BCUT2D eigenvalue weighted by molar-refractivity contribution is -0.123. The summed E-state index contributed by atoms with van der Waals surface area (Å²) in [5.41, 5.74) is 0. The number of nitrogens with one attached hydrogen (secondary N) is 2. The molecule has 1 aromatic rings. The predicted molar refractivity (Wildman–Crippen MR) is 74.6 cm³/mol. The minimum absolute atomic E-state index is 0.0782. The molecule has 0 radical (unpaired) electrons. The molecule has 1 atom stereocenters. The number of aryl methyl sites for hydroxylation is 1. The maximum Gasteiger partial charge on any atom is 0.237 e. The second-order valence-corrected chi connectivity index (χ2v) is 4.72. The summed E-state index contributed by atoms with van der Waals surface area (Å²) in [7, 11) is 0. The van der Waals surface area contributed by atoms with Gasteiger partial charge in [-0.2, -0.15) is 0 Å². The van der Waals surface area contributed by atoms with Crippen molar-refractivity contribution in [2.45, 2.75) is 58.7 Å². The standard InChI is InChI=1S/C13H25N5O/c1-4-12(5-2)16-13(19)11(3)14-7-6-9-18-10-8-15-17-18/h8,10-12,14H,4-7,9H2,1-3H3,(H,16,19). The lowest BCUT2D eigenvalue weighted by Crippen LogP contribution is -2.46. The van der Waals surface area contributed by atoms with Gasteiger partial charge in [-0.05, 0) is 32.7 Å². The Balaban J connectivity index is 2.15. The van der Waals surface area contributed by atoms with Gasteiger partial charge >= 0.3 is 0 Å². The second kappa shape index (κ2) is 8.63. The van der Waals surface area contributed by atoms with E-state index >= 15 is 0 Å². The van der Waals surface area contributed by atoms with Crippen molar-refractivity contribution < 1.29 is 4.79 Å². The first kappa shape index (κ1) is 15.6. The third-order valence-electron chi connectivity index (χ3n) is 3.21. The van der Waals surface area contributed by atoms with Crippen molar-refractivity contribution >= 4 is 5.91 Å². The van der Waals surface area contributed by atoms with E-state index < -0.39 is 0 Å². The Morgan fingerprint density at radius 3 is 2.68 bits per heavy atom. The Hall–Kier alpha value is -1.43. The van der Waals surface area contributed by atoms with Crippen LogP contribution in [0, 0.1) is 0 Å². The summed E-state index contributed by atoms with van der Waals surface area (Å²) in [5.74, 6) is 0.0782. The molecule has 108 valence electrons. The van der Waals surface area contributed by atoms with Gasteiger partial charge in [0.2, 0.25) is 5.91 Å². The number of amides is 1. The van der Waals surface area contributed by atoms with Crippen LogP contribution in [0.5, 0.6) is 0 Å². The summed E-state index contributed by atoms with van der Waals surface area (Å²) in [5, 5.41) is 13.9. The first-order valence-corrected chi connectivity index (χ1v) is 7.05. The molecule has 0 aliphatic carbocycles. The Labute approximate surface area is 115 Å². The molecule has 0 saturated heterocycles. The Bertz CT molecular complexity index is 348. The molecule has 0 bridgehead atoms. The van der Waals surface area contributed by atoms with Crippen LogP contribution in [-0.2, 0) is 11.3 Å². The molecular formula is C13H25N5O. The topological polar surface area (TPSA) is 71.8 Å². The first-order chi connectivity index (χ1) is 9.17. The summed E-state index contributed by atoms with van der Waals surface area (Å²) >= 11 is 0. The lowest BCUT2D eigenvalue weighted by atomic mass is 10.1. The molecule has 0 fully saturated rings. The Kier molecular flexibility index (Phi) is 7.10. The van der Waals surface area contributed by atoms with Crippen LogP contribution in [0.4, 0.5) is 0 Å². The molecular weight excluding hydrogens is 242 g/mol. The van der Waals surface area contributed by atoms with Crippen molar-refractivity contribution in [2.75, 3.05) is 6.54 Å². The molecule has 0 spiro atoms. The van der Waals surface area contributed by atoms with Gasteiger partial charge < -0.3 is 10.6 Å². The monoisotopic (exact) mass is 267 g/mol. The molecule has 1 unspecified atom stereocenters. The SMILES string of the molecule is CCC(CC)NC(=O)C(C)NCCCn1ccnn1. The average molecular weight is 267 g/mol. The van der Waals surface area contributed by atoms with Gasteiger partial charge in [0.25, 0.3) is 0 Å². The van der Waals surface area contributed by atoms with Crippen LogP contribution < -0.4 is 10.6 Å². The molecule has 0 aromatic carbocycles. The molecule has 2 N–H and O–H groups in total. The van der Waals surface area contributed by atoms with Crippen LogP contribution >= 0.6 is 0 Å². The highest BCUT2D eigenvalue weighted by atomic mass is 16.2. The second-order valence-electron chi connectivity index (χ2n) is 4.72. The molecule has 0 saturated carbocycles. The van der Waals surface area contributed by atoms with Gasteiger partial charge in [0.15, 0.2) is 0 Å². The third-order valence-corrected chi connectivity index (χ3v) is 3.21. The predicted octanol–water partition coefficient (Wildman–Crippen LogP) is 0.951. The summed E-state index contributed by atoms with van der Waals surface area (Å²) in [6.07, 6.45) is 6.37. The highest BCUT2D eigenvalue weighted by Crippen LogP contribution is 1.97. The fourth-order valence-corrected chi connectivity index (χ4v) is 1.82. The van der Waals surface area contributed by atoms with Crippen molar-refractivity contribution in [3.8, 4) is 0 Å². The van der Waals surface area contributed by atoms with Gasteiger partial charge in [0, 0.05) is 18.8 Å². The fourth-order valence-electron chi connectivity index (χ4n) is 1.82. The van der Waals surface area contributed by atoms with E-state index in [-0.39, 0.29) is 18.0 Å². The number of nitrogens with zero attached hydrogens (tertiary/aromatic N) is 3. The quantitative estimate of drug-likeness (QED) is 0.654. The number of carbonyl (C=O) groups excluding carboxylic acids is 1. The summed E-state index contributed by atoms with van der Waals surface area (Å²) in [4.78, 5) is 11.9. The van der Waals surface area contributed by atoms with Crippen molar-refractivity contribution in [1.82, 2.24) is 25.6 Å². The molecule has 1 amide bonds. The number of carbonyl (C=O) groups is 1. The van der Waals surface area contributed by atoms with Gasteiger partial charge in [0.1, 0.15) is 0 Å². The Morgan fingerprint density at radius 2 is 2.11 bits per heavy atom. The fraction of sp³-hybridized carbons (Fsp3) is 0.769. The molecule has 0 aliphatic rings. The maximum absolute atomic E-state index is 11.9. The molecule has 6 nitrogen and oxygen atoms in total. The highest BCUT2D eigenvalue weighted by Gasteiger charge is 2.14. The Morgan fingerprint density at radius 1 is 1.37 bits per heavy atom. The van der Waals surface area contributed by atoms with E-state index in [4.69, 9.17) is 0 Å². The molecule has 6 heteroatoms. The van der Waals surface area contributed by atoms with Gasteiger partial charge in [-0.25, -0.2) is 0 Å². The first-order valence-electron chi connectivity index (χ1n) is 7.05. The maximum atomic E-state index is 11.9. The van der Waals surface area contributed by atoms with E-state index in [0.717, 1.165) is 32.4 Å². The smallest absolute Gasteiger partial charge is 0.237 e. The number of rotatable bonds is 9. The van der Waals surface area contributed by atoms with E-state index in [2.05, 4.69) is 34.8 Å². The van der Waals surface area contributed by atoms with Crippen LogP contribution in [0.3, 0.4) is 0 Å². The van der Waals surface area contributed by atoms with E-state index in [1.807, 2.05) is 13.1 Å². The highest BCUT2D eigenvalue weighted by molar-refractivity contribution is 5.81. The van der Waals surface area contributed by atoms with Crippen molar-refractivity contribution in [2.24, 2.45) is 0 Å². The number of hydrogen-bond acceptors (Lipinski definition) is 4. The van der Waals surface area contributed by atoms with E-state index in [9.17, 15) is 4.79 Å². The zero-order valence-electron chi connectivity index (χ0n) is 12.1. The van der Waals surface area contributed by atoms with Gasteiger partial charge in [-0.3, -0.25) is 9.48 Å². The van der Waals surface area contributed by atoms with Gasteiger partial charge in [-0.15, -0.1) is 5.10 Å². The molecule has 19 heavy (non-hydrogen) atoms. The van der Waals surface area contributed by atoms with Crippen molar-refractivity contribution in [1.29, 1.82) is 0 Å². The average Bonchev–Trinajstić information content (AvgIpc) is 2.93. The number of aromatic nitrogens is 3.